The highest BCUT2D eigenvalue weighted by Crippen LogP contribution is 2.20. The second-order valence-corrected chi connectivity index (χ2v) is 6.18. The summed E-state index contributed by atoms with van der Waals surface area (Å²) in [4.78, 5) is 20.7. The summed E-state index contributed by atoms with van der Waals surface area (Å²) in [5.74, 6) is 1.21. The number of carbonyl (C=O) groups excluding carboxylic acids is 1. The molecule has 0 atom stereocenters. The molecule has 0 aliphatic carbocycles. The second kappa shape index (κ2) is 7.75. The van der Waals surface area contributed by atoms with E-state index in [-0.39, 0.29) is 5.91 Å². The molecule has 1 amide bonds. The minimum Gasteiger partial charge on any atom is -0.459 e. The van der Waals surface area contributed by atoms with Gasteiger partial charge in [0, 0.05) is 26.2 Å². The standard InChI is InChI=1S/C19H17N7O2/c20-12-14-4-1-2-5-15(14)22-19-23-17(13-21-24-19)25-7-9-26(10-8-25)18(27)16-6-3-11-28-16/h1-6,11,13H,7-10H2,(H,22,23,24). The van der Waals surface area contributed by atoms with Gasteiger partial charge in [-0.3, -0.25) is 4.79 Å². The Morgan fingerprint density at radius 1 is 1.14 bits per heavy atom. The summed E-state index contributed by atoms with van der Waals surface area (Å²) in [5.41, 5.74) is 1.12. The van der Waals surface area contributed by atoms with Gasteiger partial charge in [0.2, 0.25) is 5.95 Å². The van der Waals surface area contributed by atoms with E-state index in [4.69, 9.17) is 4.42 Å². The number of benzene rings is 1. The lowest BCUT2D eigenvalue weighted by atomic mass is 10.2. The molecule has 0 bridgehead atoms. The highest BCUT2D eigenvalue weighted by molar-refractivity contribution is 5.91. The fourth-order valence-corrected chi connectivity index (χ4v) is 3.01. The van der Waals surface area contributed by atoms with E-state index in [1.807, 2.05) is 11.0 Å². The molecular weight excluding hydrogens is 358 g/mol. The number of amides is 1. The third-order valence-electron chi connectivity index (χ3n) is 4.46. The first kappa shape index (κ1) is 17.5. The van der Waals surface area contributed by atoms with E-state index in [9.17, 15) is 10.1 Å². The molecule has 9 nitrogen and oxygen atoms in total. The highest BCUT2D eigenvalue weighted by Gasteiger charge is 2.24. The van der Waals surface area contributed by atoms with Crippen LogP contribution in [0, 0.1) is 11.3 Å². The number of furan rings is 1. The topological polar surface area (TPSA) is 111 Å². The van der Waals surface area contributed by atoms with Crippen molar-refractivity contribution in [1.29, 1.82) is 5.26 Å². The van der Waals surface area contributed by atoms with Gasteiger partial charge in [-0.15, -0.1) is 5.10 Å². The fourth-order valence-electron chi connectivity index (χ4n) is 3.01. The molecule has 3 heterocycles. The van der Waals surface area contributed by atoms with Crippen molar-refractivity contribution in [2.45, 2.75) is 0 Å². The Bertz CT molecular complexity index is 1010. The smallest absolute Gasteiger partial charge is 0.289 e. The van der Waals surface area contributed by atoms with Gasteiger partial charge in [0.15, 0.2) is 11.6 Å². The van der Waals surface area contributed by atoms with E-state index in [1.165, 1.54) is 6.26 Å². The molecule has 1 aliphatic rings. The predicted octanol–water partition coefficient (Wildman–Crippen LogP) is 2.04. The summed E-state index contributed by atoms with van der Waals surface area (Å²) in [6.07, 6.45) is 3.08. The maximum Gasteiger partial charge on any atom is 0.289 e. The molecule has 1 aromatic carbocycles. The molecule has 1 aliphatic heterocycles. The maximum absolute atomic E-state index is 12.4. The molecule has 0 unspecified atom stereocenters. The van der Waals surface area contributed by atoms with Crippen molar-refractivity contribution < 1.29 is 9.21 Å². The summed E-state index contributed by atoms with van der Waals surface area (Å²) in [5, 5.41) is 20.2. The Hall–Kier alpha value is -3.93. The summed E-state index contributed by atoms with van der Waals surface area (Å²) in [6.45, 7) is 2.37. The van der Waals surface area contributed by atoms with Gasteiger partial charge in [-0.1, -0.05) is 12.1 Å². The molecule has 0 radical (unpaired) electrons. The zero-order valence-electron chi connectivity index (χ0n) is 14.9. The molecule has 9 heteroatoms. The van der Waals surface area contributed by atoms with Crippen LogP contribution in [-0.4, -0.2) is 52.2 Å². The molecule has 2 aromatic heterocycles. The van der Waals surface area contributed by atoms with Crippen LogP contribution < -0.4 is 10.2 Å². The van der Waals surface area contributed by atoms with Crippen molar-refractivity contribution in [2.24, 2.45) is 0 Å². The fraction of sp³-hybridized carbons (Fsp3) is 0.211. The average Bonchev–Trinajstić information content (AvgIpc) is 3.29. The first-order chi connectivity index (χ1) is 13.7. The Morgan fingerprint density at radius 3 is 2.71 bits per heavy atom. The highest BCUT2D eigenvalue weighted by atomic mass is 16.3. The Morgan fingerprint density at radius 2 is 1.96 bits per heavy atom. The number of nitrogens with zero attached hydrogens (tertiary/aromatic N) is 6. The number of para-hydroxylation sites is 1. The average molecular weight is 375 g/mol. The molecule has 140 valence electrons. The Kier molecular flexibility index (Phi) is 4.84. The predicted molar refractivity (Wildman–Crippen MR) is 101 cm³/mol. The number of rotatable bonds is 4. The number of anilines is 3. The second-order valence-electron chi connectivity index (χ2n) is 6.18. The van der Waals surface area contributed by atoms with Crippen LogP contribution in [-0.2, 0) is 0 Å². The summed E-state index contributed by atoms with van der Waals surface area (Å²) in [7, 11) is 0. The van der Waals surface area contributed by atoms with E-state index < -0.39 is 0 Å². The lowest BCUT2D eigenvalue weighted by Crippen LogP contribution is -2.49. The van der Waals surface area contributed by atoms with E-state index in [2.05, 4.69) is 26.6 Å². The number of hydrogen-bond acceptors (Lipinski definition) is 8. The van der Waals surface area contributed by atoms with Crippen molar-refractivity contribution in [3.8, 4) is 6.07 Å². The zero-order valence-corrected chi connectivity index (χ0v) is 14.9. The minimum absolute atomic E-state index is 0.110. The Labute approximate surface area is 161 Å². The van der Waals surface area contributed by atoms with Crippen LogP contribution in [0.4, 0.5) is 17.5 Å². The van der Waals surface area contributed by atoms with Gasteiger partial charge < -0.3 is 19.5 Å². The van der Waals surface area contributed by atoms with E-state index >= 15 is 0 Å². The van der Waals surface area contributed by atoms with Crippen molar-refractivity contribution >= 4 is 23.4 Å². The van der Waals surface area contributed by atoms with Crippen LogP contribution >= 0.6 is 0 Å². The number of hydrogen-bond donors (Lipinski definition) is 1. The largest absolute Gasteiger partial charge is 0.459 e. The van der Waals surface area contributed by atoms with Crippen molar-refractivity contribution in [3.63, 3.8) is 0 Å². The minimum atomic E-state index is -0.110. The van der Waals surface area contributed by atoms with Crippen LogP contribution in [0.2, 0.25) is 0 Å². The molecule has 3 aromatic rings. The third kappa shape index (κ3) is 3.61. The third-order valence-corrected chi connectivity index (χ3v) is 4.46. The number of piperazine rings is 1. The summed E-state index contributed by atoms with van der Waals surface area (Å²) < 4.78 is 5.18. The number of carbonyl (C=O) groups is 1. The van der Waals surface area contributed by atoms with Crippen molar-refractivity contribution in [3.05, 3.63) is 60.2 Å². The van der Waals surface area contributed by atoms with Gasteiger partial charge in [0.1, 0.15) is 6.07 Å². The quantitative estimate of drug-likeness (QED) is 0.737. The zero-order chi connectivity index (χ0) is 19.3. The molecule has 1 saturated heterocycles. The number of aromatic nitrogens is 3. The summed E-state index contributed by atoms with van der Waals surface area (Å²) >= 11 is 0. The van der Waals surface area contributed by atoms with Gasteiger partial charge in [0.25, 0.3) is 5.91 Å². The first-order valence-corrected chi connectivity index (χ1v) is 8.78. The molecule has 0 saturated carbocycles. The van der Waals surface area contributed by atoms with Gasteiger partial charge in [-0.2, -0.15) is 15.3 Å². The molecule has 1 fully saturated rings. The van der Waals surface area contributed by atoms with E-state index in [1.54, 1.807) is 41.4 Å². The summed E-state index contributed by atoms with van der Waals surface area (Å²) in [6, 6.07) is 12.6. The van der Waals surface area contributed by atoms with Crippen molar-refractivity contribution in [1.82, 2.24) is 20.1 Å². The van der Waals surface area contributed by atoms with E-state index in [0.29, 0.717) is 55.0 Å². The Balaban J connectivity index is 1.43. The van der Waals surface area contributed by atoms with Gasteiger partial charge in [-0.25, -0.2) is 0 Å². The molecule has 4 rings (SSSR count). The lowest BCUT2D eigenvalue weighted by Gasteiger charge is -2.34. The maximum atomic E-state index is 12.4. The monoisotopic (exact) mass is 375 g/mol. The normalized spacial score (nSPS) is 13.8. The van der Waals surface area contributed by atoms with Crippen LogP contribution in [0.1, 0.15) is 16.1 Å². The van der Waals surface area contributed by atoms with Crippen LogP contribution in [0.3, 0.4) is 0 Å². The van der Waals surface area contributed by atoms with Crippen molar-refractivity contribution in [2.75, 3.05) is 36.4 Å². The van der Waals surface area contributed by atoms with Gasteiger partial charge in [-0.05, 0) is 24.3 Å². The lowest BCUT2D eigenvalue weighted by molar-refractivity contribution is 0.0714. The van der Waals surface area contributed by atoms with Gasteiger partial charge in [0.05, 0.1) is 23.7 Å². The van der Waals surface area contributed by atoms with Gasteiger partial charge >= 0.3 is 0 Å². The van der Waals surface area contributed by atoms with Crippen LogP contribution in [0.5, 0.6) is 0 Å². The van der Waals surface area contributed by atoms with Crippen LogP contribution in [0.15, 0.2) is 53.3 Å². The van der Waals surface area contributed by atoms with E-state index in [0.717, 1.165) is 0 Å². The molecule has 0 spiro atoms. The number of nitriles is 1. The SMILES string of the molecule is N#Cc1ccccc1Nc1nncc(N2CCN(C(=O)c3ccco3)CC2)n1. The molecular formula is C19H17N7O2. The molecule has 28 heavy (non-hydrogen) atoms. The first-order valence-electron chi connectivity index (χ1n) is 8.78. The van der Waals surface area contributed by atoms with Crippen LogP contribution in [0.25, 0.3) is 0 Å². The molecule has 1 N–H and O–H groups in total. The number of nitrogens with one attached hydrogen (secondary N) is 1.